The molecule has 254 valence electrons. The summed E-state index contributed by atoms with van der Waals surface area (Å²) in [4.78, 5) is 10.2. The third kappa shape index (κ3) is 4.58. The Bertz CT molecular complexity index is 3470. The molecule has 0 unspecified atom stereocenters. The van der Waals surface area contributed by atoms with E-state index in [2.05, 4.69) is 71.3 Å². The second-order valence-electron chi connectivity index (χ2n) is 13.5. The minimum atomic E-state index is 0.333. The van der Waals surface area contributed by atoms with E-state index in [9.17, 15) is 10.5 Å². The van der Waals surface area contributed by atoms with E-state index in [1.165, 1.54) is 20.2 Å². The van der Waals surface area contributed by atoms with Crippen molar-refractivity contribution in [1.82, 2.24) is 14.5 Å². The minimum Gasteiger partial charge on any atom is -0.456 e. The zero-order valence-corrected chi connectivity index (χ0v) is 29.8. The zero-order chi connectivity index (χ0) is 36.6. The van der Waals surface area contributed by atoms with Crippen LogP contribution in [0.3, 0.4) is 0 Å². The maximum atomic E-state index is 10.9. The number of hydrogen-bond donors (Lipinski definition) is 0. The highest BCUT2D eigenvalue weighted by molar-refractivity contribution is 7.26. The van der Waals surface area contributed by atoms with E-state index >= 15 is 0 Å². The van der Waals surface area contributed by atoms with Crippen molar-refractivity contribution in [1.29, 1.82) is 10.5 Å². The average Bonchev–Trinajstić information content (AvgIpc) is 3.93. The average molecular weight is 720 g/mol. The molecular formula is C48H25N5OS. The molecule has 0 saturated carbocycles. The maximum Gasteiger partial charge on any atom is 0.161 e. The lowest BCUT2D eigenvalue weighted by Gasteiger charge is -2.15. The molecule has 0 aliphatic rings. The summed E-state index contributed by atoms with van der Waals surface area (Å²) >= 11 is 1.78. The molecule has 4 heterocycles. The van der Waals surface area contributed by atoms with Crippen molar-refractivity contribution in [2.75, 3.05) is 0 Å². The van der Waals surface area contributed by atoms with Gasteiger partial charge in [0.05, 0.1) is 33.7 Å². The highest BCUT2D eigenvalue weighted by atomic mass is 32.1. The van der Waals surface area contributed by atoms with Gasteiger partial charge in [0.15, 0.2) is 5.82 Å². The van der Waals surface area contributed by atoms with Crippen LogP contribution in [0.25, 0.3) is 104 Å². The second-order valence-corrected chi connectivity index (χ2v) is 14.6. The van der Waals surface area contributed by atoms with Crippen molar-refractivity contribution in [3.8, 4) is 51.7 Å². The highest BCUT2D eigenvalue weighted by Gasteiger charge is 2.24. The van der Waals surface area contributed by atoms with E-state index in [1.54, 1.807) is 11.3 Å². The van der Waals surface area contributed by atoms with Gasteiger partial charge in [-0.05, 0) is 42.5 Å². The maximum absolute atomic E-state index is 10.9. The van der Waals surface area contributed by atoms with Gasteiger partial charge in [0.2, 0.25) is 0 Å². The molecule has 0 N–H and O–H groups in total. The Kier molecular flexibility index (Phi) is 6.75. The van der Waals surface area contributed by atoms with E-state index in [4.69, 9.17) is 14.4 Å². The molecule has 7 aromatic carbocycles. The Morgan fingerprint density at radius 2 is 1.27 bits per heavy atom. The molecule has 0 bridgehead atoms. The first kappa shape index (κ1) is 31.0. The molecular weight excluding hydrogens is 695 g/mol. The van der Waals surface area contributed by atoms with Crippen LogP contribution in [0.15, 0.2) is 156 Å². The quantitative estimate of drug-likeness (QED) is 0.181. The fourth-order valence-electron chi connectivity index (χ4n) is 8.15. The Hall–Kier alpha value is -7.58. The van der Waals surface area contributed by atoms with Gasteiger partial charge in [-0.3, -0.25) is 0 Å². The number of furan rings is 1. The number of benzene rings is 7. The van der Waals surface area contributed by atoms with Crippen molar-refractivity contribution < 1.29 is 4.42 Å². The SMILES string of the molecule is N#Cc1cc(-c2nc(-c3cccc4oc5ccccc5c34)nc(-c3ccccc3)c2C#N)ccc1-n1c2ccccc2c2ccc3sc4ccccc4c3c21. The summed E-state index contributed by atoms with van der Waals surface area (Å²) in [5.74, 6) is 0.460. The van der Waals surface area contributed by atoms with Crippen molar-refractivity contribution in [3.05, 3.63) is 163 Å². The summed E-state index contributed by atoms with van der Waals surface area (Å²) < 4.78 is 10.9. The predicted molar refractivity (Wildman–Crippen MR) is 222 cm³/mol. The Labute approximate surface area is 318 Å². The van der Waals surface area contributed by atoms with Gasteiger partial charge >= 0.3 is 0 Å². The summed E-state index contributed by atoms with van der Waals surface area (Å²) in [7, 11) is 0. The third-order valence-corrected chi connectivity index (χ3v) is 11.7. The van der Waals surface area contributed by atoms with Crippen LogP contribution in [0, 0.1) is 22.7 Å². The van der Waals surface area contributed by atoms with E-state index in [0.717, 1.165) is 60.6 Å². The van der Waals surface area contributed by atoms with E-state index < -0.39 is 0 Å². The van der Waals surface area contributed by atoms with Gasteiger partial charge in [-0.15, -0.1) is 11.3 Å². The lowest BCUT2D eigenvalue weighted by atomic mass is 9.98. The monoisotopic (exact) mass is 719 g/mol. The number of rotatable bonds is 4. The first-order valence-corrected chi connectivity index (χ1v) is 18.7. The van der Waals surface area contributed by atoms with Gasteiger partial charge in [0.25, 0.3) is 0 Å². The van der Waals surface area contributed by atoms with Crippen molar-refractivity contribution in [2.24, 2.45) is 0 Å². The first-order chi connectivity index (χ1) is 27.2. The fourth-order valence-corrected chi connectivity index (χ4v) is 9.25. The molecule has 0 amide bonds. The second kappa shape index (κ2) is 12.0. The van der Waals surface area contributed by atoms with Gasteiger partial charge in [0, 0.05) is 58.4 Å². The topological polar surface area (TPSA) is 91.4 Å². The molecule has 0 aliphatic carbocycles. The molecule has 0 atom stereocenters. The standard InChI is InChI=1S/C48H25N5OS/c49-26-30-25-29(21-23-37(30)53-38-17-7-4-13-31(38)32-22-24-42-44(47(32)53)34-15-6-9-20-41(34)55-42)46-36(27-50)45(28-11-2-1-3-12-28)51-48(52-46)35-16-10-19-40-43(35)33-14-5-8-18-39(33)54-40/h1-25H. The molecule has 11 aromatic rings. The van der Waals surface area contributed by atoms with Crippen molar-refractivity contribution in [2.45, 2.75) is 0 Å². The lowest BCUT2D eigenvalue weighted by Crippen LogP contribution is -2.03. The third-order valence-electron chi connectivity index (χ3n) is 10.5. The molecule has 0 radical (unpaired) electrons. The van der Waals surface area contributed by atoms with E-state index in [0.29, 0.717) is 33.9 Å². The molecule has 6 nitrogen and oxygen atoms in total. The van der Waals surface area contributed by atoms with Gasteiger partial charge in [-0.2, -0.15) is 10.5 Å². The van der Waals surface area contributed by atoms with Crippen LogP contribution >= 0.6 is 11.3 Å². The summed E-state index contributed by atoms with van der Waals surface area (Å²) in [5, 5.41) is 28.1. The van der Waals surface area contributed by atoms with E-state index in [1.807, 2.05) is 97.1 Å². The number of hydrogen-bond acceptors (Lipinski definition) is 6. The summed E-state index contributed by atoms with van der Waals surface area (Å²) in [6.45, 7) is 0. The predicted octanol–water partition coefficient (Wildman–Crippen LogP) is 12.6. The number of aromatic nitrogens is 3. The molecule has 0 fully saturated rings. The van der Waals surface area contributed by atoms with Gasteiger partial charge in [-0.25, -0.2) is 9.97 Å². The summed E-state index contributed by atoms with van der Waals surface area (Å²) in [5.41, 5.74) is 8.33. The van der Waals surface area contributed by atoms with Gasteiger partial charge < -0.3 is 8.98 Å². The largest absolute Gasteiger partial charge is 0.456 e. The van der Waals surface area contributed by atoms with Crippen LogP contribution in [0.5, 0.6) is 0 Å². The molecule has 0 saturated heterocycles. The molecule has 7 heteroatoms. The number of fused-ring (bicyclic) bond motifs is 10. The van der Waals surface area contributed by atoms with Crippen molar-refractivity contribution in [3.63, 3.8) is 0 Å². The van der Waals surface area contributed by atoms with Crippen molar-refractivity contribution >= 4 is 75.3 Å². The molecule has 0 aliphatic heterocycles. The first-order valence-electron chi connectivity index (χ1n) is 17.9. The summed E-state index contributed by atoms with van der Waals surface area (Å²) in [6, 6.07) is 55.5. The van der Waals surface area contributed by atoms with Gasteiger partial charge in [0.1, 0.15) is 28.9 Å². The molecule has 11 rings (SSSR count). The zero-order valence-electron chi connectivity index (χ0n) is 29.0. The van der Waals surface area contributed by atoms with Crippen LogP contribution in [0.2, 0.25) is 0 Å². The number of nitrogens with zero attached hydrogens (tertiary/aromatic N) is 5. The van der Waals surface area contributed by atoms with Crippen LogP contribution in [0.1, 0.15) is 11.1 Å². The normalized spacial score (nSPS) is 11.6. The van der Waals surface area contributed by atoms with E-state index in [-0.39, 0.29) is 0 Å². The van der Waals surface area contributed by atoms with Crippen LogP contribution < -0.4 is 0 Å². The Morgan fingerprint density at radius 1 is 0.545 bits per heavy atom. The smallest absolute Gasteiger partial charge is 0.161 e. The molecule has 55 heavy (non-hydrogen) atoms. The highest BCUT2D eigenvalue weighted by Crippen LogP contribution is 2.44. The number of thiophene rings is 1. The molecule has 4 aromatic heterocycles. The minimum absolute atomic E-state index is 0.333. The summed E-state index contributed by atoms with van der Waals surface area (Å²) in [6.07, 6.45) is 0. The lowest BCUT2D eigenvalue weighted by molar-refractivity contribution is 0.669. The number of para-hydroxylation sites is 2. The van der Waals surface area contributed by atoms with Crippen LogP contribution in [0.4, 0.5) is 0 Å². The Balaban J connectivity index is 1.19. The molecule has 0 spiro atoms. The Morgan fingerprint density at radius 3 is 2.11 bits per heavy atom. The number of nitriles is 2. The van der Waals surface area contributed by atoms with Gasteiger partial charge in [-0.1, -0.05) is 109 Å². The van der Waals surface area contributed by atoms with Crippen LogP contribution in [-0.4, -0.2) is 14.5 Å². The fraction of sp³-hybridized carbons (Fsp3) is 0. The van der Waals surface area contributed by atoms with Crippen LogP contribution in [-0.2, 0) is 0 Å².